The molecular formula is C11H7NO3S. The van der Waals surface area contributed by atoms with Crippen molar-refractivity contribution in [2.75, 3.05) is 0 Å². The van der Waals surface area contributed by atoms with Crippen molar-refractivity contribution in [1.82, 2.24) is 0 Å². The van der Waals surface area contributed by atoms with Crippen molar-refractivity contribution in [3.8, 4) is 0 Å². The minimum absolute atomic E-state index is 0.0684. The van der Waals surface area contributed by atoms with Crippen LogP contribution in [0.3, 0.4) is 0 Å². The number of thiophene rings is 1. The molecule has 0 saturated heterocycles. The molecule has 80 valence electrons. The monoisotopic (exact) mass is 233 g/mol. The fraction of sp³-hybridized carbons (Fsp3) is 0. The van der Waals surface area contributed by atoms with E-state index in [9.17, 15) is 14.9 Å². The summed E-state index contributed by atoms with van der Waals surface area (Å²) in [6, 6.07) is 7.45. The highest BCUT2D eigenvalue weighted by molar-refractivity contribution is 7.08. The summed E-state index contributed by atoms with van der Waals surface area (Å²) in [5.74, 6) is -0.190. The fourth-order valence-corrected chi connectivity index (χ4v) is 1.96. The van der Waals surface area contributed by atoms with Gasteiger partial charge in [-0.05, 0) is 11.4 Å². The molecule has 0 amide bonds. The normalized spacial score (nSPS) is 10.0. The van der Waals surface area contributed by atoms with Crippen LogP contribution in [0.1, 0.15) is 15.9 Å². The smallest absolute Gasteiger partial charge is 0.270 e. The van der Waals surface area contributed by atoms with Crippen molar-refractivity contribution in [3.63, 3.8) is 0 Å². The van der Waals surface area contributed by atoms with Gasteiger partial charge in [0.05, 0.1) is 4.92 Å². The number of nitro benzene ring substituents is 1. The maximum atomic E-state index is 11.9. The summed E-state index contributed by atoms with van der Waals surface area (Å²) in [5.41, 5.74) is 0.833. The van der Waals surface area contributed by atoms with Crippen molar-refractivity contribution < 1.29 is 9.72 Å². The molecule has 0 fully saturated rings. The molecule has 5 heteroatoms. The number of ketones is 1. The van der Waals surface area contributed by atoms with Crippen LogP contribution >= 0.6 is 11.3 Å². The zero-order valence-corrected chi connectivity index (χ0v) is 8.94. The molecule has 0 aliphatic heterocycles. The Morgan fingerprint density at radius 1 is 1.25 bits per heavy atom. The van der Waals surface area contributed by atoms with Crippen molar-refractivity contribution in [2.45, 2.75) is 0 Å². The van der Waals surface area contributed by atoms with Crippen LogP contribution < -0.4 is 0 Å². The molecule has 2 rings (SSSR count). The topological polar surface area (TPSA) is 60.2 Å². The van der Waals surface area contributed by atoms with Crippen molar-refractivity contribution >= 4 is 22.8 Å². The molecule has 0 radical (unpaired) electrons. The van der Waals surface area contributed by atoms with Gasteiger partial charge in [0.2, 0.25) is 0 Å². The summed E-state index contributed by atoms with van der Waals surface area (Å²) in [4.78, 5) is 21.9. The maximum absolute atomic E-state index is 11.9. The molecule has 4 nitrogen and oxygen atoms in total. The number of nitrogens with zero attached hydrogens (tertiary/aromatic N) is 1. The van der Waals surface area contributed by atoms with Gasteiger partial charge in [0.25, 0.3) is 5.69 Å². The van der Waals surface area contributed by atoms with Gasteiger partial charge in [-0.3, -0.25) is 14.9 Å². The first kappa shape index (κ1) is 10.5. The summed E-state index contributed by atoms with van der Waals surface area (Å²) < 4.78 is 0. The summed E-state index contributed by atoms with van der Waals surface area (Å²) in [6.45, 7) is 0. The van der Waals surface area contributed by atoms with Crippen molar-refractivity contribution in [2.24, 2.45) is 0 Å². The van der Waals surface area contributed by atoms with Gasteiger partial charge in [0.15, 0.2) is 5.78 Å². The van der Waals surface area contributed by atoms with E-state index in [2.05, 4.69) is 0 Å². The Balaban J connectivity index is 2.38. The number of carbonyl (C=O) groups excluding carboxylic acids is 1. The first-order chi connectivity index (χ1) is 7.68. The Hall–Kier alpha value is -2.01. The van der Waals surface area contributed by atoms with Gasteiger partial charge < -0.3 is 0 Å². The Morgan fingerprint density at radius 3 is 2.69 bits per heavy atom. The summed E-state index contributed by atoms with van der Waals surface area (Å²) in [6.07, 6.45) is 0. The largest absolute Gasteiger partial charge is 0.289 e. The zero-order chi connectivity index (χ0) is 11.5. The molecule has 0 saturated carbocycles. The lowest BCUT2D eigenvalue weighted by atomic mass is 10.1. The Labute approximate surface area is 95.3 Å². The van der Waals surface area contributed by atoms with Crippen molar-refractivity contribution in [3.05, 3.63) is 62.3 Å². The molecule has 16 heavy (non-hydrogen) atoms. The number of rotatable bonds is 3. The minimum Gasteiger partial charge on any atom is -0.289 e. The summed E-state index contributed by atoms with van der Waals surface area (Å²) in [5, 5.41) is 14.1. The SMILES string of the molecule is O=C(c1ccsc1)c1cccc([N+](=O)[O-])c1. The Kier molecular flexibility index (Phi) is 2.78. The number of benzene rings is 1. The van der Waals surface area contributed by atoms with E-state index in [-0.39, 0.29) is 11.5 Å². The van der Waals surface area contributed by atoms with E-state index < -0.39 is 4.92 Å². The Morgan fingerprint density at radius 2 is 2.06 bits per heavy atom. The third-order valence-corrected chi connectivity index (χ3v) is 2.79. The van der Waals surface area contributed by atoms with Crippen LogP contribution in [0, 0.1) is 10.1 Å². The van der Waals surface area contributed by atoms with Crippen LogP contribution in [0.15, 0.2) is 41.1 Å². The van der Waals surface area contributed by atoms with Gasteiger partial charge in [-0.25, -0.2) is 0 Å². The predicted octanol–water partition coefficient (Wildman–Crippen LogP) is 2.89. The van der Waals surface area contributed by atoms with E-state index in [1.165, 1.54) is 29.5 Å². The Bertz CT molecular complexity index is 534. The molecule has 0 bridgehead atoms. The number of nitro groups is 1. The second-order valence-corrected chi connectivity index (χ2v) is 3.93. The number of carbonyl (C=O) groups is 1. The van der Waals surface area contributed by atoms with E-state index in [1.807, 2.05) is 0 Å². The number of hydrogen-bond acceptors (Lipinski definition) is 4. The quantitative estimate of drug-likeness (QED) is 0.465. The van der Waals surface area contributed by atoms with E-state index in [4.69, 9.17) is 0 Å². The van der Waals surface area contributed by atoms with Crippen LogP contribution in [0.4, 0.5) is 5.69 Å². The number of hydrogen-bond donors (Lipinski definition) is 0. The third kappa shape index (κ3) is 1.99. The minimum atomic E-state index is -0.510. The summed E-state index contributed by atoms with van der Waals surface area (Å²) >= 11 is 1.42. The molecule has 1 heterocycles. The van der Waals surface area contributed by atoms with Gasteiger partial charge in [-0.2, -0.15) is 11.3 Å². The molecule has 0 spiro atoms. The highest BCUT2D eigenvalue weighted by Gasteiger charge is 2.13. The zero-order valence-electron chi connectivity index (χ0n) is 8.12. The van der Waals surface area contributed by atoms with Crippen LogP contribution in [-0.4, -0.2) is 10.7 Å². The predicted molar refractivity (Wildman–Crippen MR) is 60.8 cm³/mol. The van der Waals surface area contributed by atoms with Crippen LogP contribution in [-0.2, 0) is 0 Å². The van der Waals surface area contributed by atoms with Gasteiger partial charge in [0.1, 0.15) is 0 Å². The first-order valence-corrected chi connectivity index (χ1v) is 5.44. The van der Waals surface area contributed by atoms with Gasteiger partial charge in [-0.15, -0.1) is 0 Å². The van der Waals surface area contributed by atoms with E-state index >= 15 is 0 Å². The second-order valence-electron chi connectivity index (χ2n) is 3.15. The van der Waals surface area contributed by atoms with Gasteiger partial charge >= 0.3 is 0 Å². The molecule has 0 atom stereocenters. The fourth-order valence-electron chi connectivity index (χ4n) is 1.32. The van der Waals surface area contributed by atoms with Gasteiger partial charge in [0, 0.05) is 28.6 Å². The van der Waals surface area contributed by atoms with Crippen LogP contribution in [0.25, 0.3) is 0 Å². The molecule has 1 aromatic carbocycles. The molecule has 0 aliphatic rings. The third-order valence-electron chi connectivity index (χ3n) is 2.10. The first-order valence-electron chi connectivity index (χ1n) is 4.50. The van der Waals surface area contributed by atoms with E-state index in [1.54, 1.807) is 22.9 Å². The van der Waals surface area contributed by atoms with Crippen LogP contribution in [0.5, 0.6) is 0 Å². The average molecular weight is 233 g/mol. The van der Waals surface area contributed by atoms with E-state index in [0.29, 0.717) is 11.1 Å². The standard InChI is InChI=1S/C11H7NO3S/c13-11(9-4-5-16-7-9)8-2-1-3-10(6-8)12(14)15/h1-7H. The molecular weight excluding hydrogens is 226 g/mol. The van der Waals surface area contributed by atoms with E-state index in [0.717, 1.165) is 0 Å². The maximum Gasteiger partial charge on any atom is 0.270 e. The second kappa shape index (κ2) is 4.24. The van der Waals surface area contributed by atoms with Crippen molar-refractivity contribution in [1.29, 1.82) is 0 Å². The summed E-state index contributed by atoms with van der Waals surface area (Å²) in [7, 11) is 0. The van der Waals surface area contributed by atoms with Gasteiger partial charge in [-0.1, -0.05) is 12.1 Å². The number of non-ortho nitro benzene ring substituents is 1. The lowest BCUT2D eigenvalue weighted by Gasteiger charge is -1.98. The van der Waals surface area contributed by atoms with Crippen LogP contribution in [0.2, 0.25) is 0 Å². The molecule has 1 aromatic heterocycles. The lowest BCUT2D eigenvalue weighted by molar-refractivity contribution is -0.384. The highest BCUT2D eigenvalue weighted by Crippen LogP contribution is 2.17. The molecule has 2 aromatic rings. The molecule has 0 aliphatic carbocycles. The molecule has 0 unspecified atom stereocenters. The molecule has 0 N–H and O–H groups in total. The highest BCUT2D eigenvalue weighted by atomic mass is 32.1. The lowest BCUT2D eigenvalue weighted by Crippen LogP contribution is -2.00. The average Bonchev–Trinajstić information content (AvgIpc) is 2.81.